The lowest BCUT2D eigenvalue weighted by molar-refractivity contribution is 0.108. The fraction of sp³-hybridized carbons (Fsp3) is 0.360. The van der Waals surface area contributed by atoms with Crippen LogP contribution in [0.4, 0.5) is 5.82 Å². The zero-order valence-electron chi connectivity index (χ0n) is 21.2. The van der Waals surface area contributed by atoms with Crippen LogP contribution in [0.1, 0.15) is 11.3 Å². The maximum atomic E-state index is 10.0. The van der Waals surface area contributed by atoms with Crippen molar-refractivity contribution in [3.63, 3.8) is 0 Å². The molecule has 6 N–H and O–H groups in total. The van der Waals surface area contributed by atoms with Gasteiger partial charge in [0.1, 0.15) is 24.3 Å². The lowest BCUT2D eigenvalue weighted by Crippen LogP contribution is -2.29. The van der Waals surface area contributed by atoms with Gasteiger partial charge in [-0.2, -0.15) is 0 Å². The predicted molar refractivity (Wildman–Crippen MR) is 150 cm³/mol. The maximum absolute atomic E-state index is 10.0. The molecule has 1 saturated heterocycles. The largest absolute Gasteiger partial charge is 0.491 e. The summed E-state index contributed by atoms with van der Waals surface area (Å²) in [7, 11) is 5.26. The highest BCUT2D eigenvalue weighted by Crippen LogP contribution is 2.35. The van der Waals surface area contributed by atoms with Crippen LogP contribution in [0.15, 0.2) is 35.0 Å². The Morgan fingerprint density at radius 2 is 2.03 bits per heavy atom. The second kappa shape index (κ2) is 12.9. The van der Waals surface area contributed by atoms with E-state index >= 15 is 0 Å². The molecule has 0 unspecified atom stereocenters. The third-order valence-corrected chi connectivity index (χ3v) is 6.38. The molecule has 1 aromatic heterocycles. The number of anilines is 1. The smallest absolute Gasteiger partial charge is 0.163 e. The van der Waals surface area contributed by atoms with Gasteiger partial charge in [-0.15, -0.1) is 0 Å². The number of nitrogens with zero attached hydrogens (tertiary/aromatic N) is 3. The van der Waals surface area contributed by atoms with Crippen LogP contribution in [-0.2, 0) is 0 Å². The Kier molecular flexibility index (Phi) is 9.87. The first kappa shape index (κ1) is 28.4. The molecule has 0 radical (unpaired) electrons. The molecule has 0 amide bonds. The summed E-state index contributed by atoms with van der Waals surface area (Å²) in [5, 5.41) is 35.6. The van der Waals surface area contributed by atoms with E-state index in [9.17, 15) is 5.11 Å². The first-order valence-electron chi connectivity index (χ1n) is 11.6. The SMILES string of the molecule is CN/C=C1/CN(c2nc(-c3cc(OC[C@H](O)CNC)ccc3Cl)nc(/C(NC)=C(\Cl)C=N)c2C)CC1=N. The van der Waals surface area contributed by atoms with Crippen LogP contribution in [0.2, 0.25) is 5.02 Å². The molecule has 1 fully saturated rings. The first-order chi connectivity index (χ1) is 17.7. The zero-order chi connectivity index (χ0) is 27.1. The Labute approximate surface area is 226 Å². The van der Waals surface area contributed by atoms with Crippen LogP contribution in [0, 0.1) is 17.7 Å². The number of halogens is 2. The van der Waals surface area contributed by atoms with E-state index in [4.69, 9.17) is 48.7 Å². The van der Waals surface area contributed by atoms with Crippen molar-refractivity contribution in [2.24, 2.45) is 0 Å². The number of allylic oxidation sites excluding steroid dienone is 1. The van der Waals surface area contributed by atoms with E-state index in [1.807, 2.05) is 18.0 Å². The molecule has 37 heavy (non-hydrogen) atoms. The summed E-state index contributed by atoms with van der Waals surface area (Å²) in [6.07, 6.45) is 2.19. The van der Waals surface area contributed by atoms with Crippen molar-refractivity contribution in [3.05, 3.63) is 51.3 Å². The summed E-state index contributed by atoms with van der Waals surface area (Å²) in [6.45, 7) is 3.25. The minimum Gasteiger partial charge on any atom is -0.491 e. The van der Waals surface area contributed by atoms with E-state index in [2.05, 4.69) is 16.0 Å². The zero-order valence-corrected chi connectivity index (χ0v) is 22.8. The number of hydrogen-bond donors (Lipinski definition) is 6. The molecule has 3 rings (SSSR count). The van der Waals surface area contributed by atoms with E-state index in [1.54, 1.807) is 39.3 Å². The molecule has 1 atom stereocenters. The number of aliphatic hydroxyl groups is 1. The van der Waals surface area contributed by atoms with Crippen LogP contribution in [0.5, 0.6) is 5.75 Å². The third kappa shape index (κ3) is 6.58. The second-order valence-corrected chi connectivity index (χ2v) is 9.23. The lowest BCUT2D eigenvalue weighted by atomic mass is 10.1. The number of benzene rings is 1. The molecule has 0 bridgehead atoms. The normalized spacial score (nSPS) is 16.0. The number of rotatable bonds is 11. The molecule has 0 aliphatic carbocycles. The lowest BCUT2D eigenvalue weighted by Gasteiger charge is -2.22. The van der Waals surface area contributed by atoms with Crippen molar-refractivity contribution in [2.75, 3.05) is 52.3 Å². The first-order valence-corrected chi connectivity index (χ1v) is 12.4. The van der Waals surface area contributed by atoms with E-state index in [0.717, 1.165) is 17.4 Å². The highest BCUT2D eigenvalue weighted by Gasteiger charge is 2.28. The summed E-state index contributed by atoms with van der Waals surface area (Å²) in [5.74, 6) is 1.46. The van der Waals surface area contributed by atoms with Crippen LogP contribution >= 0.6 is 23.2 Å². The van der Waals surface area contributed by atoms with Crippen LogP contribution in [0.25, 0.3) is 17.1 Å². The van der Waals surface area contributed by atoms with Gasteiger partial charge in [-0.1, -0.05) is 23.2 Å². The molecular weight excluding hydrogens is 515 g/mol. The Balaban J connectivity index is 2.15. The Hall–Kier alpha value is -3.18. The van der Waals surface area contributed by atoms with Gasteiger partial charge in [-0.25, -0.2) is 9.97 Å². The monoisotopic (exact) mass is 546 g/mol. The molecule has 0 spiro atoms. The number of nitrogens with one attached hydrogen (secondary N) is 5. The summed E-state index contributed by atoms with van der Waals surface area (Å²) >= 11 is 13.0. The van der Waals surface area contributed by atoms with Crippen LogP contribution in [-0.4, -0.2) is 80.5 Å². The molecule has 2 heterocycles. The van der Waals surface area contributed by atoms with Crippen molar-refractivity contribution in [1.29, 1.82) is 10.8 Å². The van der Waals surface area contributed by atoms with E-state index < -0.39 is 6.10 Å². The standard InChI is InChI=1S/C25H32Cl2N8O2/c1-14-22(23(32-4)20(27)8-28)33-24(34-25(14)35-11-15(9-30-2)21(29)12-35)18-7-17(5-6-19(18)26)37-13-16(36)10-31-3/h5-9,16,28-32,36H,10-13H2,1-4H3/b15-9-,23-20+,28-8?,29-21?/t16-/m1/s1. The van der Waals surface area contributed by atoms with E-state index in [1.165, 1.54) is 0 Å². The van der Waals surface area contributed by atoms with Crippen molar-refractivity contribution in [1.82, 2.24) is 25.9 Å². The third-order valence-electron chi connectivity index (χ3n) is 5.75. The Morgan fingerprint density at radius 3 is 2.68 bits per heavy atom. The molecule has 0 saturated carbocycles. The van der Waals surface area contributed by atoms with Crippen molar-refractivity contribution in [2.45, 2.75) is 13.0 Å². The fourth-order valence-electron chi connectivity index (χ4n) is 3.96. The van der Waals surface area contributed by atoms with Gasteiger partial charge in [0, 0.05) is 56.3 Å². The van der Waals surface area contributed by atoms with Gasteiger partial charge >= 0.3 is 0 Å². The molecule has 198 valence electrons. The maximum Gasteiger partial charge on any atom is 0.163 e. The summed E-state index contributed by atoms with van der Waals surface area (Å²) in [6, 6.07) is 5.14. The number of likely N-dealkylation sites (N-methyl/N-ethyl adjacent to an activating group) is 1. The summed E-state index contributed by atoms with van der Waals surface area (Å²) in [4.78, 5) is 11.6. The molecule has 2 aromatic rings. The van der Waals surface area contributed by atoms with Gasteiger partial charge in [0.05, 0.1) is 33.7 Å². The van der Waals surface area contributed by atoms with E-state index in [0.29, 0.717) is 64.7 Å². The molecule has 1 aromatic carbocycles. The molecule has 12 heteroatoms. The minimum absolute atomic E-state index is 0.102. The summed E-state index contributed by atoms with van der Waals surface area (Å²) in [5.41, 5.74) is 3.61. The highest BCUT2D eigenvalue weighted by atomic mass is 35.5. The van der Waals surface area contributed by atoms with Gasteiger partial charge in [0.2, 0.25) is 0 Å². The number of aliphatic hydroxyl groups excluding tert-OH is 1. The van der Waals surface area contributed by atoms with Crippen molar-refractivity contribution >= 4 is 46.6 Å². The quantitative estimate of drug-likeness (QED) is 0.236. The van der Waals surface area contributed by atoms with Gasteiger partial charge in [0.25, 0.3) is 0 Å². The van der Waals surface area contributed by atoms with Crippen LogP contribution in [0.3, 0.4) is 0 Å². The predicted octanol–water partition coefficient (Wildman–Crippen LogP) is 2.78. The summed E-state index contributed by atoms with van der Waals surface area (Å²) < 4.78 is 5.77. The number of ether oxygens (including phenoxy) is 1. The average Bonchev–Trinajstić information content (AvgIpc) is 3.25. The van der Waals surface area contributed by atoms with Crippen molar-refractivity contribution < 1.29 is 9.84 Å². The molecule has 1 aliphatic rings. The number of hydrogen-bond acceptors (Lipinski definition) is 10. The van der Waals surface area contributed by atoms with Gasteiger partial charge in [-0.05, 0) is 32.2 Å². The van der Waals surface area contributed by atoms with Crippen molar-refractivity contribution in [3.8, 4) is 17.1 Å². The minimum atomic E-state index is -0.671. The highest BCUT2D eigenvalue weighted by molar-refractivity contribution is 6.42. The fourth-order valence-corrected chi connectivity index (χ4v) is 4.34. The Bertz CT molecular complexity index is 1230. The van der Waals surface area contributed by atoms with Gasteiger partial charge in [-0.3, -0.25) is 0 Å². The molecule has 1 aliphatic heterocycles. The second-order valence-electron chi connectivity index (χ2n) is 8.42. The van der Waals surface area contributed by atoms with Crippen LogP contribution < -0.4 is 25.6 Å². The van der Waals surface area contributed by atoms with Gasteiger partial charge in [0.15, 0.2) is 5.82 Å². The van der Waals surface area contributed by atoms with E-state index in [-0.39, 0.29) is 11.6 Å². The molecule has 10 nitrogen and oxygen atoms in total. The Morgan fingerprint density at radius 1 is 1.27 bits per heavy atom. The topological polar surface area (TPSA) is 142 Å². The van der Waals surface area contributed by atoms with Gasteiger partial charge < -0.3 is 41.5 Å². The number of aromatic nitrogens is 2. The molecular formula is C25H32Cl2N8O2. The average molecular weight is 547 g/mol.